The van der Waals surface area contributed by atoms with Crippen LogP contribution in [0.4, 0.5) is 0 Å². The topological polar surface area (TPSA) is 49.7 Å². The van der Waals surface area contributed by atoms with Crippen LogP contribution in [0.1, 0.15) is 56.9 Å². The van der Waals surface area contributed by atoms with E-state index in [4.69, 9.17) is 4.52 Å². The third kappa shape index (κ3) is 7.30. The summed E-state index contributed by atoms with van der Waals surface area (Å²) in [6.45, 7) is 13.0. The van der Waals surface area contributed by atoms with Crippen molar-refractivity contribution >= 4 is 32.1 Å². The van der Waals surface area contributed by atoms with E-state index in [-0.39, 0.29) is 5.41 Å². The second kappa shape index (κ2) is 11.0. The minimum absolute atomic E-state index is 0.117. The van der Waals surface area contributed by atoms with Crippen molar-refractivity contribution < 1.29 is 14.3 Å². The van der Waals surface area contributed by atoms with Gasteiger partial charge in [0.25, 0.3) is 0 Å². The summed E-state index contributed by atoms with van der Waals surface area (Å²) in [5.74, 6) is 5.00. The molecular formula is C19H33O3PS2. The lowest BCUT2D eigenvalue weighted by Gasteiger charge is -2.29. The van der Waals surface area contributed by atoms with Crippen LogP contribution in [0.5, 0.6) is 5.75 Å². The summed E-state index contributed by atoms with van der Waals surface area (Å²) < 4.78 is 5.48. The Morgan fingerprint density at radius 1 is 1.04 bits per heavy atom. The Kier molecular flexibility index (Phi) is 10.2. The van der Waals surface area contributed by atoms with E-state index in [9.17, 15) is 9.79 Å². The van der Waals surface area contributed by atoms with Gasteiger partial charge in [-0.1, -0.05) is 34.6 Å². The molecule has 1 aromatic carbocycles. The van der Waals surface area contributed by atoms with Crippen LogP contribution in [0.15, 0.2) is 6.07 Å². The molecule has 0 saturated heterocycles. The molecule has 144 valence electrons. The van der Waals surface area contributed by atoms with Crippen molar-refractivity contribution in [1.29, 1.82) is 0 Å². The zero-order valence-electron chi connectivity index (χ0n) is 16.4. The average molecular weight is 405 g/mol. The number of aryl methyl sites for hydroxylation is 1. The Labute approximate surface area is 163 Å². The highest BCUT2D eigenvalue weighted by Crippen LogP contribution is 2.42. The van der Waals surface area contributed by atoms with E-state index in [2.05, 4.69) is 41.5 Å². The molecule has 0 aliphatic carbocycles. The predicted molar refractivity (Wildman–Crippen MR) is 115 cm³/mol. The van der Waals surface area contributed by atoms with Crippen molar-refractivity contribution in [1.82, 2.24) is 0 Å². The van der Waals surface area contributed by atoms with Gasteiger partial charge < -0.3 is 14.3 Å². The van der Waals surface area contributed by atoms with Crippen LogP contribution in [0.25, 0.3) is 0 Å². The molecule has 0 bridgehead atoms. The molecule has 0 aliphatic heterocycles. The molecule has 0 radical (unpaired) electrons. The molecule has 0 unspecified atom stereocenters. The van der Waals surface area contributed by atoms with E-state index in [0.717, 1.165) is 41.4 Å². The first kappa shape index (κ1) is 23.1. The largest absolute Gasteiger partial charge is 0.427 e. The summed E-state index contributed by atoms with van der Waals surface area (Å²) >= 11 is 3.87. The highest BCUT2D eigenvalue weighted by Gasteiger charge is 2.27. The highest BCUT2D eigenvalue weighted by molar-refractivity contribution is 7.99. The van der Waals surface area contributed by atoms with E-state index in [1.807, 2.05) is 29.6 Å². The standard InChI is InChI=1S/C19H33O3PS2/c1-7-24-11-9-15-13-17(22-23(20)21)18(19(4,5)6)16(14(15)3)10-12-25-8-2/h13,20-21H,7-12H2,1-6H3. The minimum atomic E-state index is -2.42. The quantitative estimate of drug-likeness (QED) is 0.400. The number of hydrogen-bond donors (Lipinski definition) is 2. The molecular weight excluding hydrogens is 371 g/mol. The average Bonchev–Trinajstić information content (AvgIpc) is 2.49. The Morgan fingerprint density at radius 2 is 1.60 bits per heavy atom. The number of benzene rings is 1. The van der Waals surface area contributed by atoms with Crippen LogP contribution in [0, 0.1) is 6.92 Å². The summed E-state index contributed by atoms with van der Waals surface area (Å²) in [7, 11) is -2.42. The first-order valence-electron chi connectivity index (χ1n) is 8.89. The van der Waals surface area contributed by atoms with Gasteiger partial charge in [-0.3, -0.25) is 0 Å². The maximum atomic E-state index is 9.47. The monoisotopic (exact) mass is 404 g/mol. The normalized spacial score (nSPS) is 12.0. The molecule has 0 fully saturated rings. The molecule has 1 aromatic rings. The molecule has 25 heavy (non-hydrogen) atoms. The van der Waals surface area contributed by atoms with Crippen molar-refractivity contribution in [3.8, 4) is 5.75 Å². The van der Waals surface area contributed by atoms with Gasteiger partial charge in [0.2, 0.25) is 0 Å². The summed E-state index contributed by atoms with van der Waals surface area (Å²) in [4.78, 5) is 18.9. The fraction of sp³-hybridized carbons (Fsp3) is 0.684. The van der Waals surface area contributed by atoms with Crippen molar-refractivity contribution in [2.24, 2.45) is 0 Å². The van der Waals surface area contributed by atoms with Crippen LogP contribution in [-0.4, -0.2) is 32.8 Å². The Morgan fingerprint density at radius 3 is 2.08 bits per heavy atom. The fourth-order valence-corrected chi connectivity index (χ4v) is 4.68. The molecule has 6 heteroatoms. The van der Waals surface area contributed by atoms with Gasteiger partial charge in [0, 0.05) is 5.56 Å². The Hall–Kier alpha value is 0.0700. The third-order valence-corrected chi connectivity index (χ3v) is 6.30. The maximum absolute atomic E-state index is 9.47. The van der Waals surface area contributed by atoms with Crippen molar-refractivity contribution in [2.45, 2.75) is 59.8 Å². The minimum Gasteiger partial charge on any atom is -0.427 e. The molecule has 2 N–H and O–H groups in total. The van der Waals surface area contributed by atoms with E-state index in [0.29, 0.717) is 5.75 Å². The molecule has 3 nitrogen and oxygen atoms in total. The second-order valence-electron chi connectivity index (χ2n) is 7.00. The van der Waals surface area contributed by atoms with Crippen molar-refractivity contribution in [2.75, 3.05) is 23.0 Å². The molecule has 0 aromatic heterocycles. The van der Waals surface area contributed by atoms with E-state index < -0.39 is 8.60 Å². The van der Waals surface area contributed by atoms with Gasteiger partial charge in [-0.2, -0.15) is 23.5 Å². The van der Waals surface area contributed by atoms with Gasteiger partial charge in [-0.05, 0) is 70.9 Å². The predicted octanol–water partition coefficient (Wildman–Crippen LogP) is 5.47. The number of hydrogen-bond acceptors (Lipinski definition) is 5. The Balaban J connectivity index is 3.39. The van der Waals surface area contributed by atoms with Gasteiger partial charge >= 0.3 is 8.60 Å². The molecule has 1 rings (SSSR count). The van der Waals surface area contributed by atoms with Crippen molar-refractivity contribution in [3.05, 3.63) is 28.3 Å². The number of thioether (sulfide) groups is 2. The SMILES string of the molecule is CCSCCc1cc(OP(O)O)c(C(C)(C)C)c(CCSCC)c1C. The zero-order valence-corrected chi connectivity index (χ0v) is 18.9. The van der Waals surface area contributed by atoms with E-state index >= 15 is 0 Å². The van der Waals surface area contributed by atoms with Gasteiger partial charge in [-0.25, -0.2) is 0 Å². The lowest BCUT2D eigenvalue weighted by atomic mass is 9.79. The van der Waals surface area contributed by atoms with Crippen molar-refractivity contribution in [3.63, 3.8) is 0 Å². The first-order valence-corrected chi connectivity index (χ1v) is 12.4. The fourth-order valence-electron chi connectivity index (χ4n) is 3.07. The van der Waals surface area contributed by atoms with E-state index in [1.54, 1.807) is 0 Å². The van der Waals surface area contributed by atoms with E-state index in [1.165, 1.54) is 16.7 Å². The maximum Gasteiger partial charge on any atom is 0.391 e. The number of rotatable bonds is 10. The zero-order chi connectivity index (χ0) is 19.0. The van der Waals surface area contributed by atoms with Gasteiger partial charge in [0.1, 0.15) is 5.75 Å². The van der Waals surface area contributed by atoms with Crippen LogP contribution < -0.4 is 4.52 Å². The second-order valence-corrected chi connectivity index (χ2v) is 10.5. The van der Waals surface area contributed by atoms with Crippen LogP contribution in [0.2, 0.25) is 0 Å². The summed E-state index contributed by atoms with van der Waals surface area (Å²) in [5.41, 5.74) is 4.92. The van der Waals surface area contributed by atoms with Crippen LogP contribution >= 0.6 is 32.1 Å². The molecule has 0 saturated carbocycles. The first-order chi connectivity index (χ1) is 11.7. The lowest BCUT2D eigenvalue weighted by Crippen LogP contribution is -2.18. The lowest BCUT2D eigenvalue weighted by molar-refractivity contribution is 0.369. The van der Waals surface area contributed by atoms with Crippen LogP contribution in [0.3, 0.4) is 0 Å². The summed E-state index contributed by atoms with van der Waals surface area (Å²) in [6, 6.07) is 2.03. The molecule has 0 heterocycles. The van der Waals surface area contributed by atoms with Gasteiger partial charge in [-0.15, -0.1) is 0 Å². The third-order valence-electron chi connectivity index (χ3n) is 4.14. The molecule has 0 atom stereocenters. The highest BCUT2D eigenvalue weighted by atomic mass is 32.2. The summed E-state index contributed by atoms with van der Waals surface area (Å²) in [5, 5.41) is 0. The molecule has 0 amide bonds. The Bertz CT molecular complexity index is 542. The smallest absolute Gasteiger partial charge is 0.391 e. The molecule has 0 spiro atoms. The van der Waals surface area contributed by atoms with Gasteiger partial charge in [0.05, 0.1) is 0 Å². The van der Waals surface area contributed by atoms with Crippen LogP contribution in [-0.2, 0) is 18.3 Å². The van der Waals surface area contributed by atoms with Gasteiger partial charge in [0.15, 0.2) is 0 Å². The molecule has 0 aliphatic rings. The summed E-state index contributed by atoms with van der Waals surface area (Å²) in [6.07, 6.45) is 1.96.